The summed E-state index contributed by atoms with van der Waals surface area (Å²) >= 11 is 6.12. The van der Waals surface area contributed by atoms with Gasteiger partial charge in [0.1, 0.15) is 17.7 Å². The molecule has 0 bridgehead atoms. The number of rotatable bonds is 2. The predicted octanol–water partition coefficient (Wildman–Crippen LogP) is 3.51. The Morgan fingerprint density at radius 1 is 1.13 bits per heavy atom. The molecule has 1 aromatic heterocycles. The van der Waals surface area contributed by atoms with Crippen LogP contribution in [0, 0.1) is 0 Å². The normalized spacial score (nSPS) is 16.5. The number of nitrogen functional groups attached to an aromatic ring is 2. The number of anilines is 2. The smallest absolute Gasteiger partial charge is 0.222 e. The van der Waals surface area contributed by atoms with Gasteiger partial charge < -0.3 is 16.2 Å². The lowest BCUT2D eigenvalue weighted by Crippen LogP contribution is -2.06. The molecule has 1 aliphatic carbocycles. The Morgan fingerprint density at radius 3 is 2.87 bits per heavy atom. The van der Waals surface area contributed by atoms with Crippen molar-refractivity contribution >= 4 is 34.3 Å². The Bertz CT molecular complexity index is 912. The number of fused-ring (bicyclic) bond motifs is 2. The van der Waals surface area contributed by atoms with E-state index in [4.69, 9.17) is 27.8 Å². The summed E-state index contributed by atoms with van der Waals surface area (Å²) in [5.41, 5.74) is 14.8. The van der Waals surface area contributed by atoms with Crippen LogP contribution in [0.3, 0.4) is 0 Å². The van der Waals surface area contributed by atoms with Crippen molar-refractivity contribution in [1.82, 2.24) is 9.97 Å². The number of hydrogen-bond donors (Lipinski definition) is 2. The van der Waals surface area contributed by atoms with Gasteiger partial charge in [-0.2, -0.15) is 4.98 Å². The summed E-state index contributed by atoms with van der Waals surface area (Å²) in [6.45, 7) is 0. The predicted molar refractivity (Wildman–Crippen MR) is 91.5 cm³/mol. The van der Waals surface area contributed by atoms with Gasteiger partial charge in [0, 0.05) is 5.02 Å². The first-order valence-corrected chi connectivity index (χ1v) is 7.76. The maximum absolute atomic E-state index is 6.23. The maximum atomic E-state index is 6.23. The van der Waals surface area contributed by atoms with Gasteiger partial charge in [-0.1, -0.05) is 23.7 Å². The SMILES string of the molecule is Nc1nc(N)c2c(O[C@@H]3CCc4ccc(Cl)cc43)cccc2n1. The molecule has 3 aromatic rings. The maximum Gasteiger partial charge on any atom is 0.222 e. The number of nitrogens with zero attached hydrogens (tertiary/aromatic N) is 2. The van der Waals surface area contributed by atoms with Crippen molar-refractivity contribution in [3.05, 3.63) is 52.5 Å². The lowest BCUT2D eigenvalue weighted by Gasteiger charge is -2.17. The van der Waals surface area contributed by atoms with E-state index in [-0.39, 0.29) is 12.1 Å². The van der Waals surface area contributed by atoms with Crippen LogP contribution in [0.25, 0.3) is 10.9 Å². The lowest BCUT2D eigenvalue weighted by molar-refractivity contribution is 0.210. The molecule has 4 rings (SSSR count). The van der Waals surface area contributed by atoms with Crippen LogP contribution >= 0.6 is 11.6 Å². The summed E-state index contributed by atoms with van der Waals surface area (Å²) < 4.78 is 6.23. The van der Waals surface area contributed by atoms with E-state index in [9.17, 15) is 0 Å². The molecule has 23 heavy (non-hydrogen) atoms. The molecule has 4 N–H and O–H groups in total. The zero-order valence-corrected chi connectivity index (χ0v) is 13.0. The Hall–Kier alpha value is -2.53. The minimum absolute atomic E-state index is 0.0498. The van der Waals surface area contributed by atoms with Crippen LogP contribution in [0.2, 0.25) is 5.02 Å². The molecule has 0 unspecified atom stereocenters. The number of halogens is 1. The molecule has 1 heterocycles. The molecular weight excluding hydrogens is 312 g/mol. The molecule has 116 valence electrons. The van der Waals surface area contributed by atoms with Crippen LogP contribution in [0.4, 0.5) is 11.8 Å². The Labute approximate surface area is 138 Å². The minimum Gasteiger partial charge on any atom is -0.485 e. The number of benzene rings is 2. The fourth-order valence-corrected chi connectivity index (χ4v) is 3.29. The molecular formula is C17H15ClN4O. The molecule has 5 nitrogen and oxygen atoms in total. The van der Waals surface area contributed by atoms with E-state index in [1.54, 1.807) is 0 Å². The number of hydrogen-bond acceptors (Lipinski definition) is 5. The molecule has 0 amide bonds. The van der Waals surface area contributed by atoms with Gasteiger partial charge in [0.2, 0.25) is 5.95 Å². The molecule has 0 fully saturated rings. The Kier molecular flexibility index (Phi) is 3.23. The van der Waals surface area contributed by atoms with Gasteiger partial charge in [-0.15, -0.1) is 0 Å². The molecule has 0 aliphatic heterocycles. The fourth-order valence-electron chi connectivity index (χ4n) is 3.11. The van der Waals surface area contributed by atoms with Crippen molar-refractivity contribution in [2.45, 2.75) is 18.9 Å². The highest BCUT2D eigenvalue weighted by Crippen LogP contribution is 2.39. The highest BCUT2D eigenvalue weighted by Gasteiger charge is 2.25. The molecule has 1 atom stereocenters. The summed E-state index contributed by atoms with van der Waals surface area (Å²) in [5.74, 6) is 1.15. The quantitative estimate of drug-likeness (QED) is 0.752. The summed E-state index contributed by atoms with van der Waals surface area (Å²) in [4.78, 5) is 8.25. The molecule has 0 spiro atoms. The number of nitrogens with two attached hydrogens (primary N) is 2. The number of aromatic nitrogens is 2. The van der Waals surface area contributed by atoms with Crippen molar-refractivity contribution in [2.24, 2.45) is 0 Å². The second-order valence-electron chi connectivity index (χ2n) is 5.61. The van der Waals surface area contributed by atoms with Crippen LogP contribution in [0.5, 0.6) is 5.75 Å². The summed E-state index contributed by atoms with van der Waals surface area (Å²) in [7, 11) is 0. The van der Waals surface area contributed by atoms with Gasteiger partial charge in [-0.25, -0.2) is 4.98 Å². The van der Waals surface area contributed by atoms with E-state index in [1.807, 2.05) is 30.3 Å². The average molecular weight is 327 g/mol. The van der Waals surface area contributed by atoms with Crippen LogP contribution in [0.1, 0.15) is 23.7 Å². The van der Waals surface area contributed by atoms with Crippen LogP contribution in [-0.4, -0.2) is 9.97 Å². The van der Waals surface area contributed by atoms with Crippen LogP contribution in [-0.2, 0) is 6.42 Å². The van der Waals surface area contributed by atoms with E-state index >= 15 is 0 Å². The molecule has 6 heteroatoms. The van der Waals surface area contributed by atoms with E-state index < -0.39 is 0 Å². The van der Waals surface area contributed by atoms with Gasteiger partial charge in [0.15, 0.2) is 0 Å². The first kappa shape index (κ1) is 14.1. The highest BCUT2D eigenvalue weighted by atomic mass is 35.5. The van der Waals surface area contributed by atoms with E-state index in [0.717, 1.165) is 18.4 Å². The van der Waals surface area contributed by atoms with Crippen molar-refractivity contribution in [2.75, 3.05) is 11.5 Å². The third-order valence-corrected chi connectivity index (χ3v) is 4.37. The van der Waals surface area contributed by atoms with Crippen LogP contribution < -0.4 is 16.2 Å². The fraction of sp³-hybridized carbons (Fsp3) is 0.176. The van der Waals surface area contributed by atoms with E-state index in [2.05, 4.69) is 16.0 Å². The molecule has 2 aromatic carbocycles. The zero-order valence-electron chi connectivity index (χ0n) is 12.3. The molecule has 0 saturated carbocycles. The van der Waals surface area contributed by atoms with Crippen molar-refractivity contribution in [1.29, 1.82) is 0 Å². The topological polar surface area (TPSA) is 87.0 Å². The van der Waals surface area contributed by atoms with Gasteiger partial charge in [-0.3, -0.25) is 0 Å². The second kappa shape index (κ2) is 5.28. The van der Waals surface area contributed by atoms with E-state index in [0.29, 0.717) is 27.5 Å². The third kappa shape index (κ3) is 2.43. The molecule has 1 aliphatic rings. The lowest BCUT2D eigenvalue weighted by atomic mass is 10.1. The average Bonchev–Trinajstić information content (AvgIpc) is 2.89. The third-order valence-electron chi connectivity index (χ3n) is 4.13. The summed E-state index contributed by atoms with van der Waals surface area (Å²) in [6, 6.07) is 11.5. The first-order chi connectivity index (χ1) is 11.1. The van der Waals surface area contributed by atoms with Crippen molar-refractivity contribution < 1.29 is 4.74 Å². The van der Waals surface area contributed by atoms with Gasteiger partial charge >= 0.3 is 0 Å². The summed E-state index contributed by atoms with van der Waals surface area (Å²) in [6.07, 6.45) is 1.83. The van der Waals surface area contributed by atoms with Crippen LogP contribution in [0.15, 0.2) is 36.4 Å². The van der Waals surface area contributed by atoms with E-state index in [1.165, 1.54) is 5.56 Å². The van der Waals surface area contributed by atoms with Crippen molar-refractivity contribution in [3.63, 3.8) is 0 Å². The Morgan fingerprint density at radius 2 is 2.00 bits per heavy atom. The highest BCUT2D eigenvalue weighted by molar-refractivity contribution is 6.30. The molecule has 0 radical (unpaired) electrons. The number of aryl methyl sites for hydroxylation is 1. The summed E-state index contributed by atoms with van der Waals surface area (Å²) in [5, 5.41) is 1.41. The Balaban J connectivity index is 1.77. The number of ether oxygens (including phenoxy) is 1. The minimum atomic E-state index is -0.0498. The standard InChI is InChI=1S/C17H15ClN4O/c18-10-6-4-9-5-7-13(11(9)8-10)23-14-3-1-2-12-15(14)16(19)22-17(20)21-12/h1-4,6,8,13H,5,7H2,(H4,19,20,21,22)/t13-/m1/s1. The van der Waals surface area contributed by atoms with Gasteiger partial charge in [-0.05, 0) is 48.2 Å². The monoisotopic (exact) mass is 326 g/mol. The van der Waals surface area contributed by atoms with Gasteiger partial charge in [0.25, 0.3) is 0 Å². The van der Waals surface area contributed by atoms with Crippen molar-refractivity contribution in [3.8, 4) is 5.75 Å². The van der Waals surface area contributed by atoms with Gasteiger partial charge in [0.05, 0.1) is 10.9 Å². The first-order valence-electron chi connectivity index (χ1n) is 7.38. The molecule has 0 saturated heterocycles. The second-order valence-corrected chi connectivity index (χ2v) is 6.04. The zero-order chi connectivity index (χ0) is 16.0. The largest absolute Gasteiger partial charge is 0.485 e.